The molecule has 0 aromatic heterocycles. The van der Waals surface area contributed by atoms with E-state index in [1.165, 1.54) is 6.08 Å². The number of rotatable bonds is 5. The highest BCUT2D eigenvalue weighted by Gasteiger charge is 2.01. The van der Waals surface area contributed by atoms with Crippen LogP contribution in [-0.2, 0) is 4.79 Å². The molecular formula is C17H16BrNO2. The molecule has 2 rings (SSSR count). The lowest BCUT2D eigenvalue weighted by molar-refractivity contribution is -0.111. The lowest BCUT2D eigenvalue weighted by Crippen LogP contribution is -2.07. The lowest BCUT2D eigenvalue weighted by Gasteiger charge is -2.06. The Morgan fingerprint density at radius 3 is 2.62 bits per heavy atom. The van der Waals surface area contributed by atoms with Gasteiger partial charge >= 0.3 is 0 Å². The smallest absolute Gasteiger partial charge is 0.248 e. The zero-order chi connectivity index (χ0) is 15.1. The van der Waals surface area contributed by atoms with Gasteiger partial charge in [0.1, 0.15) is 5.75 Å². The van der Waals surface area contributed by atoms with E-state index in [1.54, 1.807) is 6.08 Å². The third-order valence-corrected chi connectivity index (χ3v) is 3.27. The Morgan fingerprint density at radius 2 is 1.90 bits per heavy atom. The summed E-state index contributed by atoms with van der Waals surface area (Å²) >= 11 is 3.36. The molecule has 0 saturated carbocycles. The molecule has 108 valence electrons. The van der Waals surface area contributed by atoms with Crippen molar-refractivity contribution in [1.29, 1.82) is 0 Å². The summed E-state index contributed by atoms with van der Waals surface area (Å²) in [5.41, 5.74) is 1.64. The topological polar surface area (TPSA) is 38.3 Å². The van der Waals surface area contributed by atoms with Crippen LogP contribution in [0.4, 0.5) is 5.69 Å². The normalized spacial score (nSPS) is 10.6. The number of anilines is 1. The van der Waals surface area contributed by atoms with Gasteiger partial charge in [0.2, 0.25) is 5.91 Å². The molecule has 0 aliphatic heterocycles. The number of para-hydroxylation sites is 1. The van der Waals surface area contributed by atoms with Crippen LogP contribution in [0, 0.1) is 0 Å². The minimum atomic E-state index is -0.177. The van der Waals surface area contributed by atoms with E-state index in [1.807, 2.05) is 55.5 Å². The maximum atomic E-state index is 11.9. The summed E-state index contributed by atoms with van der Waals surface area (Å²) in [5.74, 6) is 0.594. The van der Waals surface area contributed by atoms with Crippen LogP contribution in [0.5, 0.6) is 5.75 Å². The van der Waals surface area contributed by atoms with E-state index in [-0.39, 0.29) is 5.91 Å². The van der Waals surface area contributed by atoms with Crippen molar-refractivity contribution in [2.24, 2.45) is 0 Å². The molecule has 0 aliphatic rings. The quantitative estimate of drug-likeness (QED) is 0.810. The number of amides is 1. The molecule has 0 atom stereocenters. The molecule has 0 radical (unpaired) electrons. The van der Waals surface area contributed by atoms with Crippen molar-refractivity contribution in [3.63, 3.8) is 0 Å². The molecule has 0 bridgehead atoms. The van der Waals surface area contributed by atoms with E-state index in [0.717, 1.165) is 21.5 Å². The molecule has 0 heterocycles. The SMILES string of the molecule is CCOc1ccccc1/C=C/C(=O)Nc1ccc(Br)cc1. The molecule has 4 heteroatoms. The highest BCUT2D eigenvalue weighted by atomic mass is 79.9. The third-order valence-electron chi connectivity index (χ3n) is 2.74. The van der Waals surface area contributed by atoms with E-state index >= 15 is 0 Å². The van der Waals surface area contributed by atoms with Crippen LogP contribution < -0.4 is 10.1 Å². The third kappa shape index (κ3) is 4.76. The van der Waals surface area contributed by atoms with Crippen LogP contribution in [0.3, 0.4) is 0 Å². The molecule has 0 saturated heterocycles. The summed E-state index contributed by atoms with van der Waals surface area (Å²) in [7, 11) is 0. The fraction of sp³-hybridized carbons (Fsp3) is 0.118. The lowest BCUT2D eigenvalue weighted by atomic mass is 10.2. The summed E-state index contributed by atoms with van der Waals surface area (Å²) in [4.78, 5) is 11.9. The predicted molar refractivity (Wildman–Crippen MR) is 89.4 cm³/mol. The summed E-state index contributed by atoms with van der Waals surface area (Å²) in [6.07, 6.45) is 3.25. The van der Waals surface area contributed by atoms with Gasteiger partial charge in [-0.1, -0.05) is 34.1 Å². The van der Waals surface area contributed by atoms with Crippen LogP contribution in [-0.4, -0.2) is 12.5 Å². The molecule has 1 amide bonds. The standard InChI is InChI=1S/C17H16BrNO2/c1-2-21-16-6-4-3-5-13(16)7-12-17(20)19-15-10-8-14(18)9-11-15/h3-12H,2H2,1H3,(H,19,20)/b12-7+. The number of halogens is 1. The minimum Gasteiger partial charge on any atom is -0.493 e. The molecule has 0 fully saturated rings. The van der Waals surface area contributed by atoms with Crippen LogP contribution in [0.15, 0.2) is 59.1 Å². The van der Waals surface area contributed by atoms with Gasteiger partial charge < -0.3 is 10.1 Å². The monoisotopic (exact) mass is 345 g/mol. The number of benzene rings is 2. The van der Waals surface area contributed by atoms with Crippen LogP contribution in [0.25, 0.3) is 6.08 Å². The van der Waals surface area contributed by atoms with Gasteiger partial charge in [0.15, 0.2) is 0 Å². The number of hydrogen-bond acceptors (Lipinski definition) is 2. The predicted octanol–water partition coefficient (Wildman–Crippen LogP) is 4.50. The second-order valence-electron chi connectivity index (χ2n) is 4.30. The van der Waals surface area contributed by atoms with E-state index in [4.69, 9.17) is 4.74 Å². The van der Waals surface area contributed by atoms with Crippen molar-refractivity contribution in [2.75, 3.05) is 11.9 Å². The molecule has 1 N–H and O–H groups in total. The second-order valence-corrected chi connectivity index (χ2v) is 5.22. The van der Waals surface area contributed by atoms with E-state index in [0.29, 0.717) is 6.61 Å². The fourth-order valence-corrected chi connectivity index (χ4v) is 2.05. The first kappa shape index (κ1) is 15.3. The first-order valence-corrected chi connectivity index (χ1v) is 7.45. The number of carbonyl (C=O) groups excluding carboxylic acids is 1. The van der Waals surface area contributed by atoms with Gasteiger partial charge in [-0.3, -0.25) is 4.79 Å². The van der Waals surface area contributed by atoms with Gasteiger partial charge in [-0.2, -0.15) is 0 Å². The zero-order valence-corrected chi connectivity index (χ0v) is 13.3. The Balaban J connectivity index is 2.03. The van der Waals surface area contributed by atoms with Crippen molar-refractivity contribution in [3.05, 3.63) is 64.6 Å². The van der Waals surface area contributed by atoms with Gasteiger partial charge in [-0.25, -0.2) is 0 Å². The summed E-state index contributed by atoms with van der Waals surface area (Å²) in [5, 5.41) is 2.80. The Kier molecular flexibility index (Phi) is 5.58. The average Bonchev–Trinajstić information content (AvgIpc) is 2.49. The van der Waals surface area contributed by atoms with Crippen LogP contribution in [0.2, 0.25) is 0 Å². The molecule has 3 nitrogen and oxygen atoms in total. The van der Waals surface area contributed by atoms with Gasteiger partial charge in [0.25, 0.3) is 0 Å². The highest BCUT2D eigenvalue weighted by Crippen LogP contribution is 2.19. The van der Waals surface area contributed by atoms with E-state index < -0.39 is 0 Å². The average molecular weight is 346 g/mol. The fourth-order valence-electron chi connectivity index (χ4n) is 1.79. The van der Waals surface area contributed by atoms with Crippen molar-refractivity contribution >= 4 is 33.6 Å². The first-order chi connectivity index (χ1) is 10.2. The van der Waals surface area contributed by atoms with Gasteiger partial charge in [0.05, 0.1) is 6.61 Å². The van der Waals surface area contributed by atoms with Gasteiger partial charge in [0, 0.05) is 21.8 Å². The molecule has 21 heavy (non-hydrogen) atoms. The number of hydrogen-bond donors (Lipinski definition) is 1. The van der Waals surface area contributed by atoms with Crippen LogP contribution >= 0.6 is 15.9 Å². The molecule has 2 aromatic carbocycles. The Hall–Kier alpha value is -2.07. The van der Waals surface area contributed by atoms with Crippen molar-refractivity contribution in [2.45, 2.75) is 6.92 Å². The minimum absolute atomic E-state index is 0.177. The molecule has 0 unspecified atom stereocenters. The van der Waals surface area contributed by atoms with E-state index in [9.17, 15) is 4.79 Å². The Bertz CT molecular complexity index is 635. The Labute approximate surface area is 132 Å². The highest BCUT2D eigenvalue weighted by molar-refractivity contribution is 9.10. The van der Waals surface area contributed by atoms with Crippen LogP contribution in [0.1, 0.15) is 12.5 Å². The van der Waals surface area contributed by atoms with Gasteiger partial charge in [-0.15, -0.1) is 0 Å². The molecular weight excluding hydrogens is 330 g/mol. The summed E-state index contributed by atoms with van der Waals surface area (Å²) in [6, 6.07) is 15.0. The molecule has 2 aromatic rings. The number of ether oxygens (including phenoxy) is 1. The van der Waals surface area contributed by atoms with Crippen molar-refractivity contribution in [1.82, 2.24) is 0 Å². The van der Waals surface area contributed by atoms with Gasteiger partial charge in [-0.05, 0) is 43.3 Å². The van der Waals surface area contributed by atoms with Crippen molar-refractivity contribution in [3.8, 4) is 5.75 Å². The second kappa shape index (κ2) is 7.64. The first-order valence-electron chi connectivity index (χ1n) is 6.65. The molecule has 0 aliphatic carbocycles. The number of nitrogens with one attached hydrogen (secondary N) is 1. The molecule has 0 spiro atoms. The summed E-state index contributed by atoms with van der Waals surface area (Å²) < 4.78 is 6.49. The Morgan fingerprint density at radius 1 is 1.19 bits per heavy atom. The maximum absolute atomic E-state index is 11.9. The van der Waals surface area contributed by atoms with Crippen molar-refractivity contribution < 1.29 is 9.53 Å². The summed E-state index contributed by atoms with van der Waals surface area (Å²) in [6.45, 7) is 2.52. The maximum Gasteiger partial charge on any atom is 0.248 e. The number of carbonyl (C=O) groups is 1. The van der Waals surface area contributed by atoms with E-state index in [2.05, 4.69) is 21.2 Å². The zero-order valence-electron chi connectivity index (χ0n) is 11.7. The largest absolute Gasteiger partial charge is 0.493 e.